The van der Waals surface area contributed by atoms with E-state index in [0.29, 0.717) is 24.8 Å². The van der Waals surface area contributed by atoms with Gasteiger partial charge in [0.15, 0.2) is 0 Å². The fourth-order valence-electron chi connectivity index (χ4n) is 2.64. The van der Waals surface area contributed by atoms with Crippen LogP contribution in [0.1, 0.15) is 26.7 Å². The highest BCUT2D eigenvalue weighted by Gasteiger charge is 2.21. The van der Waals surface area contributed by atoms with Gasteiger partial charge in [-0.05, 0) is 24.7 Å². The predicted molar refractivity (Wildman–Crippen MR) is 76.0 cm³/mol. The Hall–Kier alpha value is -0.390. The minimum Gasteiger partial charge on any atom is -0.302 e. The van der Waals surface area contributed by atoms with E-state index in [1.54, 1.807) is 6.08 Å². The number of piperidine rings is 1. The van der Waals surface area contributed by atoms with E-state index in [9.17, 15) is 8.42 Å². The van der Waals surface area contributed by atoms with Gasteiger partial charge in [-0.3, -0.25) is 0 Å². The van der Waals surface area contributed by atoms with Crippen molar-refractivity contribution in [3.8, 4) is 0 Å². The molecule has 1 saturated heterocycles. The summed E-state index contributed by atoms with van der Waals surface area (Å²) in [6.07, 6.45) is 3.42. The standard InChI is InChI=1S/C13H26N2O2S/c1-4-5-8-18(16,17)14-6-7-15-10-12(2)9-13(3)11-15/h4,12-14H,1,5-11H2,2-3H3/t12-,13-/m0/s1. The van der Waals surface area contributed by atoms with E-state index in [4.69, 9.17) is 0 Å². The van der Waals surface area contributed by atoms with Gasteiger partial charge in [-0.25, -0.2) is 13.1 Å². The topological polar surface area (TPSA) is 49.4 Å². The number of likely N-dealkylation sites (tertiary alicyclic amines) is 1. The largest absolute Gasteiger partial charge is 0.302 e. The van der Waals surface area contributed by atoms with Crippen molar-refractivity contribution >= 4 is 10.0 Å². The molecule has 1 aliphatic heterocycles. The Balaban J connectivity index is 2.26. The van der Waals surface area contributed by atoms with Crippen molar-refractivity contribution in [2.45, 2.75) is 26.7 Å². The summed E-state index contributed by atoms with van der Waals surface area (Å²) in [5.74, 6) is 1.57. The van der Waals surface area contributed by atoms with Crippen molar-refractivity contribution in [2.24, 2.45) is 11.8 Å². The Kier molecular flexibility index (Phi) is 6.32. The molecule has 0 radical (unpaired) electrons. The highest BCUT2D eigenvalue weighted by atomic mass is 32.2. The molecule has 0 aromatic heterocycles. The maximum Gasteiger partial charge on any atom is 0.211 e. The minimum absolute atomic E-state index is 0.142. The maximum atomic E-state index is 11.6. The fraction of sp³-hybridized carbons (Fsp3) is 0.846. The average molecular weight is 274 g/mol. The van der Waals surface area contributed by atoms with Crippen molar-refractivity contribution in [1.29, 1.82) is 0 Å². The number of allylic oxidation sites excluding steroid dienone is 1. The Bertz CT molecular complexity index is 344. The lowest BCUT2D eigenvalue weighted by atomic mass is 9.92. The van der Waals surface area contributed by atoms with Crippen LogP contribution in [0.15, 0.2) is 12.7 Å². The molecule has 0 amide bonds. The van der Waals surface area contributed by atoms with Crippen LogP contribution in [0.2, 0.25) is 0 Å². The second-order valence-electron chi connectivity index (χ2n) is 5.50. The molecule has 0 bridgehead atoms. The van der Waals surface area contributed by atoms with E-state index in [2.05, 4.69) is 30.0 Å². The van der Waals surface area contributed by atoms with Crippen molar-refractivity contribution in [3.63, 3.8) is 0 Å². The van der Waals surface area contributed by atoms with Gasteiger partial charge in [-0.15, -0.1) is 6.58 Å². The number of rotatable bonds is 7. The second kappa shape index (κ2) is 7.26. The fourth-order valence-corrected chi connectivity index (χ4v) is 3.67. The number of hydrogen-bond donors (Lipinski definition) is 1. The van der Waals surface area contributed by atoms with Crippen LogP contribution < -0.4 is 4.72 Å². The third-order valence-electron chi connectivity index (χ3n) is 3.29. The molecule has 5 heteroatoms. The molecule has 18 heavy (non-hydrogen) atoms. The Morgan fingerprint density at radius 1 is 1.33 bits per heavy atom. The van der Waals surface area contributed by atoms with Crippen LogP contribution in [-0.4, -0.2) is 45.2 Å². The minimum atomic E-state index is -3.12. The van der Waals surface area contributed by atoms with Crippen molar-refractivity contribution in [2.75, 3.05) is 31.9 Å². The number of nitrogens with one attached hydrogen (secondary N) is 1. The summed E-state index contributed by atoms with van der Waals surface area (Å²) in [5.41, 5.74) is 0. The van der Waals surface area contributed by atoms with Gasteiger partial charge in [0.1, 0.15) is 0 Å². The second-order valence-corrected chi connectivity index (χ2v) is 7.42. The summed E-state index contributed by atoms with van der Waals surface area (Å²) < 4.78 is 25.8. The number of sulfonamides is 1. The molecular formula is C13H26N2O2S. The quantitative estimate of drug-likeness (QED) is 0.715. The SMILES string of the molecule is C=CCCS(=O)(=O)NCCN1C[C@@H](C)C[C@H](C)C1. The number of nitrogens with zero attached hydrogens (tertiary/aromatic N) is 1. The summed E-state index contributed by atoms with van der Waals surface area (Å²) in [5, 5.41) is 0. The molecule has 0 aliphatic carbocycles. The van der Waals surface area contributed by atoms with Crippen LogP contribution in [-0.2, 0) is 10.0 Å². The van der Waals surface area contributed by atoms with Crippen LogP contribution in [0.4, 0.5) is 0 Å². The van der Waals surface area contributed by atoms with Crippen LogP contribution in [0.25, 0.3) is 0 Å². The van der Waals surface area contributed by atoms with Gasteiger partial charge in [0.05, 0.1) is 5.75 Å². The zero-order valence-electron chi connectivity index (χ0n) is 11.6. The summed E-state index contributed by atoms with van der Waals surface area (Å²) in [7, 11) is -3.12. The average Bonchev–Trinajstić information content (AvgIpc) is 2.25. The normalized spacial score (nSPS) is 26.1. The lowest BCUT2D eigenvalue weighted by molar-refractivity contribution is 0.143. The smallest absolute Gasteiger partial charge is 0.211 e. The van der Waals surface area contributed by atoms with Gasteiger partial charge >= 0.3 is 0 Å². The molecule has 0 aromatic rings. The molecule has 0 unspecified atom stereocenters. The van der Waals surface area contributed by atoms with Crippen molar-refractivity contribution < 1.29 is 8.42 Å². The summed E-state index contributed by atoms with van der Waals surface area (Å²) in [4.78, 5) is 2.36. The first-order chi connectivity index (χ1) is 8.43. The zero-order chi connectivity index (χ0) is 13.6. The molecule has 2 atom stereocenters. The first-order valence-corrected chi connectivity index (χ1v) is 8.38. The van der Waals surface area contributed by atoms with E-state index >= 15 is 0 Å². The summed E-state index contributed by atoms with van der Waals surface area (Å²) >= 11 is 0. The van der Waals surface area contributed by atoms with Gasteiger partial charge < -0.3 is 4.90 Å². The van der Waals surface area contributed by atoms with Gasteiger partial charge in [0, 0.05) is 26.2 Å². The van der Waals surface area contributed by atoms with E-state index in [0.717, 1.165) is 19.6 Å². The third-order valence-corrected chi connectivity index (χ3v) is 4.70. The zero-order valence-corrected chi connectivity index (χ0v) is 12.4. The summed E-state index contributed by atoms with van der Waals surface area (Å²) in [6.45, 7) is 11.5. The first kappa shape index (κ1) is 15.7. The number of hydrogen-bond acceptors (Lipinski definition) is 3. The van der Waals surface area contributed by atoms with E-state index in [-0.39, 0.29) is 5.75 Å². The van der Waals surface area contributed by atoms with Crippen molar-refractivity contribution in [1.82, 2.24) is 9.62 Å². The summed E-state index contributed by atoms with van der Waals surface area (Å²) in [6, 6.07) is 0. The molecule has 0 spiro atoms. The van der Waals surface area contributed by atoms with Crippen LogP contribution in [0.3, 0.4) is 0 Å². The molecule has 106 valence electrons. The molecule has 1 N–H and O–H groups in total. The molecule has 4 nitrogen and oxygen atoms in total. The lowest BCUT2D eigenvalue weighted by Crippen LogP contribution is -2.43. The Labute approximate surface area is 111 Å². The van der Waals surface area contributed by atoms with Gasteiger partial charge in [0.25, 0.3) is 0 Å². The van der Waals surface area contributed by atoms with Crippen LogP contribution in [0.5, 0.6) is 0 Å². The monoisotopic (exact) mass is 274 g/mol. The van der Waals surface area contributed by atoms with Gasteiger partial charge in [-0.1, -0.05) is 19.9 Å². The molecule has 0 saturated carbocycles. The van der Waals surface area contributed by atoms with Crippen molar-refractivity contribution in [3.05, 3.63) is 12.7 Å². The third kappa shape index (κ3) is 5.98. The van der Waals surface area contributed by atoms with E-state index in [1.807, 2.05) is 0 Å². The van der Waals surface area contributed by atoms with Crippen LogP contribution in [0, 0.1) is 11.8 Å². The molecule has 0 aromatic carbocycles. The van der Waals surface area contributed by atoms with E-state index in [1.165, 1.54) is 6.42 Å². The van der Waals surface area contributed by atoms with E-state index < -0.39 is 10.0 Å². The van der Waals surface area contributed by atoms with Gasteiger partial charge in [0.2, 0.25) is 10.0 Å². The lowest BCUT2D eigenvalue weighted by Gasteiger charge is -2.34. The molecular weight excluding hydrogens is 248 g/mol. The predicted octanol–water partition coefficient (Wildman–Crippen LogP) is 1.46. The highest BCUT2D eigenvalue weighted by Crippen LogP contribution is 2.20. The molecule has 1 fully saturated rings. The first-order valence-electron chi connectivity index (χ1n) is 6.73. The van der Waals surface area contributed by atoms with Gasteiger partial charge in [-0.2, -0.15) is 0 Å². The Morgan fingerprint density at radius 2 is 1.94 bits per heavy atom. The molecule has 1 rings (SSSR count). The highest BCUT2D eigenvalue weighted by molar-refractivity contribution is 7.89. The molecule has 1 heterocycles. The maximum absolute atomic E-state index is 11.6. The van der Waals surface area contributed by atoms with Crippen LogP contribution >= 0.6 is 0 Å². The molecule has 1 aliphatic rings. The Morgan fingerprint density at radius 3 is 2.50 bits per heavy atom.